The maximum atomic E-state index is 13.8. The van der Waals surface area contributed by atoms with Gasteiger partial charge in [0.25, 0.3) is 0 Å². The van der Waals surface area contributed by atoms with E-state index in [1.165, 1.54) is 17.2 Å². The lowest BCUT2D eigenvalue weighted by Crippen LogP contribution is -2.56. The van der Waals surface area contributed by atoms with Gasteiger partial charge in [0.1, 0.15) is 11.6 Å². The van der Waals surface area contributed by atoms with Gasteiger partial charge in [0.2, 0.25) is 5.91 Å². The Labute approximate surface area is 171 Å². The molecule has 2 aromatic rings. The summed E-state index contributed by atoms with van der Waals surface area (Å²) in [6.07, 6.45) is 3.68. The zero-order chi connectivity index (χ0) is 19.8. The van der Waals surface area contributed by atoms with Crippen molar-refractivity contribution in [2.45, 2.75) is 37.6 Å². The highest BCUT2D eigenvalue weighted by molar-refractivity contribution is 5.89. The average molecular weight is 394 g/mol. The normalized spacial score (nSPS) is 20.7. The predicted octanol–water partition coefficient (Wildman–Crippen LogP) is 3.53. The topological polar surface area (TPSA) is 32.8 Å². The number of hydrogen-bond acceptors (Lipinski definition) is 3. The lowest BCUT2D eigenvalue weighted by Gasteiger charge is -2.46. The molecule has 5 heteroatoms. The van der Waals surface area contributed by atoms with Gasteiger partial charge in [0.05, 0.1) is 12.0 Å². The SMILES string of the molecule is O=C(N1CCN(Cc2ccc3c(c2)CCO3)CC1)C1(c2cccc(F)c2)CCC1. The number of amides is 1. The molecule has 1 saturated heterocycles. The van der Waals surface area contributed by atoms with Crippen LogP contribution in [0.15, 0.2) is 42.5 Å². The van der Waals surface area contributed by atoms with Gasteiger partial charge in [-0.1, -0.05) is 30.7 Å². The maximum absolute atomic E-state index is 13.8. The minimum absolute atomic E-state index is 0.184. The molecule has 1 aliphatic carbocycles. The van der Waals surface area contributed by atoms with Crippen LogP contribution in [0.5, 0.6) is 5.75 Å². The molecule has 152 valence electrons. The zero-order valence-electron chi connectivity index (χ0n) is 16.7. The first-order valence-corrected chi connectivity index (χ1v) is 10.7. The van der Waals surface area contributed by atoms with E-state index < -0.39 is 5.41 Å². The van der Waals surface area contributed by atoms with Crippen LogP contribution >= 0.6 is 0 Å². The molecule has 4 nitrogen and oxygen atoms in total. The van der Waals surface area contributed by atoms with E-state index in [2.05, 4.69) is 23.1 Å². The van der Waals surface area contributed by atoms with Gasteiger partial charge in [-0.15, -0.1) is 0 Å². The van der Waals surface area contributed by atoms with Gasteiger partial charge in [-0.05, 0) is 47.7 Å². The number of piperazine rings is 1. The van der Waals surface area contributed by atoms with Crippen molar-refractivity contribution in [3.05, 3.63) is 65.0 Å². The summed E-state index contributed by atoms with van der Waals surface area (Å²) in [5.74, 6) is 0.946. The van der Waals surface area contributed by atoms with Crippen molar-refractivity contribution in [1.82, 2.24) is 9.80 Å². The molecule has 0 N–H and O–H groups in total. The van der Waals surface area contributed by atoms with Crippen molar-refractivity contribution in [1.29, 1.82) is 0 Å². The second-order valence-corrected chi connectivity index (χ2v) is 8.55. The Balaban J connectivity index is 1.23. The Morgan fingerprint density at radius 3 is 2.62 bits per heavy atom. The van der Waals surface area contributed by atoms with Crippen LogP contribution in [-0.4, -0.2) is 48.5 Å². The van der Waals surface area contributed by atoms with Crippen molar-refractivity contribution in [3.8, 4) is 5.75 Å². The van der Waals surface area contributed by atoms with Gasteiger partial charge in [0, 0.05) is 39.1 Å². The highest BCUT2D eigenvalue weighted by Gasteiger charge is 2.48. The molecule has 2 aromatic carbocycles. The third-order valence-electron chi connectivity index (χ3n) is 6.81. The first kappa shape index (κ1) is 18.6. The molecule has 29 heavy (non-hydrogen) atoms. The number of carbonyl (C=O) groups excluding carboxylic acids is 1. The number of nitrogens with zero attached hydrogens (tertiary/aromatic N) is 2. The fourth-order valence-corrected chi connectivity index (χ4v) is 4.95. The molecule has 0 aromatic heterocycles. The van der Waals surface area contributed by atoms with Gasteiger partial charge >= 0.3 is 0 Å². The smallest absolute Gasteiger partial charge is 0.233 e. The van der Waals surface area contributed by atoms with E-state index in [-0.39, 0.29) is 11.7 Å². The minimum Gasteiger partial charge on any atom is -0.493 e. The number of carbonyl (C=O) groups is 1. The fraction of sp³-hybridized carbons (Fsp3) is 0.458. The largest absolute Gasteiger partial charge is 0.493 e. The van der Waals surface area contributed by atoms with E-state index in [4.69, 9.17) is 4.74 Å². The molecule has 0 bridgehead atoms. The molecule has 3 aliphatic rings. The van der Waals surface area contributed by atoms with Crippen LogP contribution in [-0.2, 0) is 23.2 Å². The number of rotatable bonds is 4. The minimum atomic E-state index is -0.510. The van der Waals surface area contributed by atoms with Crippen molar-refractivity contribution in [3.63, 3.8) is 0 Å². The van der Waals surface area contributed by atoms with Crippen LogP contribution in [0.3, 0.4) is 0 Å². The predicted molar refractivity (Wildman–Crippen MR) is 109 cm³/mol. The van der Waals surface area contributed by atoms with Gasteiger partial charge in [0.15, 0.2) is 0 Å². The molecule has 5 rings (SSSR count). The summed E-state index contributed by atoms with van der Waals surface area (Å²) in [6, 6.07) is 13.1. The van der Waals surface area contributed by atoms with E-state index in [0.717, 1.165) is 76.3 Å². The van der Waals surface area contributed by atoms with Crippen LogP contribution < -0.4 is 4.74 Å². The van der Waals surface area contributed by atoms with Crippen LogP contribution in [0.25, 0.3) is 0 Å². The number of benzene rings is 2. The molecule has 0 unspecified atom stereocenters. The van der Waals surface area contributed by atoms with Gasteiger partial charge in [-0.2, -0.15) is 0 Å². The third kappa shape index (κ3) is 3.42. The van der Waals surface area contributed by atoms with Crippen molar-refractivity contribution >= 4 is 5.91 Å². The molecule has 0 spiro atoms. The fourth-order valence-electron chi connectivity index (χ4n) is 4.95. The summed E-state index contributed by atoms with van der Waals surface area (Å²) in [7, 11) is 0. The van der Waals surface area contributed by atoms with Crippen molar-refractivity contribution in [2.75, 3.05) is 32.8 Å². The van der Waals surface area contributed by atoms with E-state index in [1.807, 2.05) is 11.0 Å². The summed E-state index contributed by atoms with van der Waals surface area (Å²) in [5, 5.41) is 0. The third-order valence-corrected chi connectivity index (χ3v) is 6.81. The zero-order valence-corrected chi connectivity index (χ0v) is 16.7. The Morgan fingerprint density at radius 1 is 1.07 bits per heavy atom. The first-order valence-electron chi connectivity index (χ1n) is 10.7. The summed E-state index contributed by atoms with van der Waals surface area (Å²) >= 11 is 0. The van der Waals surface area contributed by atoms with E-state index >= 15 is 0 Å². The molecule has 0 radical (unpaired) electrons. The summed E-state index contributed by atoms with van der Waals surface area (Å²) in [5.41, 5.74) is 2.95. The van der Waals surface area contributed by atoms with Crippen LogP contribution in [0.2, 0.25) is 0 Å². The molecule has 2 aliphatic heterocycles. The van der Waals surface area contributed by atoms with Crippen LogP contribution in [0, 0.1) is 5.82 Å². The Kier molecular flexibility index (Phi) is 4.78. The highest BCUT2D eigenvalue weighted by atomic mass is 19.1. The van der Waals surface area contributed by atoms with E-state index in [9.17, 15) is 9.18 Å². The summed E-state index contributed by atoms with van der Waals surface area (Å²) in [6.45, 7) is 4.92. The molecular formula is C24H27FN2O2. The molecule has 2 heterocycles. The van der Waals surface area contributed by atoms with Crippen LogP contribution in [0.4, 0.5) is 4.39 Å². The monoisotopic (exact) mass is 394 g/mol. The number of ether oxygens (including phenoxy) is 1. The maximum Gasteiger partial charge on any atom is 0.233 e. The van der Waals surface area contributed by atoms with E-state index in [1.54, 1.807) is 12.1 Å². The van der Waals surface area contributed by atoms with Crippen LogP contribution in [0.1, 0.15) is 36.0 Å². The summed E-state index contributed by atoms with van der Waals surface area (Å²) in [4.78, 5) is 17.8. The Hall–Kier alpha value is -2.40. The molecule has 0 atom stereocenters. The average Bonchev–Trinajstić information content (AvgIpc) is 3.16. The standard InChI is InChI=1S/C24H27FN2O2/c25-21-4-1-3-20(16-21)24(8-2-9-24)23(28)27-12-10-26(11-13-27)17-18-5-6-22-19(15-18)7-14-29-22/h1,3-6,15-16H,2,7-14,17H2. The van der Waals surface area contributed by atoms with Crippen molar-refractivity contribution < 1.29 is 13.9 Å². The summed E-state index contributed by atoms with van der Waals surface area (Å²) < 4.78 is 19.4. The molecule has 2 fully saturated rings. The second-order valence-electron chi connectivity index (χ2n) is 8.55. The Bertz CT molecular complexity index is 917. The van der Waals surface area contributed by atoms with Gasteiger partial charge < -0.3 is 9.64 Å². The molecular weight excluding hydrogens is 367 g/mol. The quantitative estimate of drug-likeness (QED) is 0.795. The lowest BCUT2D eigenvalue weighted by molar-refractivity contribution is -0.142. The lowest BCUT2D eigenvalue weighted by atomic mass is 9.63. The van der Waals surface area contributed by atoms with Gasteiger partial charge in [-0.25, -0.2) is 4.39 Å². The highest BCUT2D eigenvalue weighted by Crippen LogP contribution is 2.45. The van der Waals surface area contributed by atoms with Crippen molar-refractivity contribution in [2.24, 2.45) is 0 Å². The number of hydrogen-bond donors (Lipinski definition) is 0. The first-order chi connectivity index (χ1) is 14.1. The molecule has 1 saturated carbocycles. The van der Waals surface area contributed by atoms with Gasteiger partial charge in [-0.3, -0.25) is 9.69 Å². The number of halogens is 1. The second kappa shape index (κ2) is 7.45. The van der Waals surface area contributed by atoms with E-state index in [0.29, 0.717) is 0 Å². The Morgan fingerprint density at radius 2 is 1.90 bits per heavy atom. The molecule has 1 amide bonds. The number of fused-ring (bicyclic) bond motifs is 1.